The lowest BCUT2D eigenvalue weighted by Crippen LogP contribution is -2.50. The highest BCUT2D eigenvalue weighted by molar-refractivity contribution is 7.98. The van der Waals surface area contributed by atoms with E-state index in [-0.39, 0.29) is 0 Å². The van der Waals surface area contributed by atoms with Crippen LogP contribution < -0.4 is 5.32 Å². The monoisotopic (exact) mass is 371 g/mol. The first-order chi connectivity index (χ1) is 12.6. The van der Waals surface area contributed by atoms with Crippen LogP contribution >= 0.6 is 11.8 Å². The van der Waals surface area contributed by atoms with Crippen molar-refractivity contribution in [1.82, 2.24) is 19.6 Å². The second-order valence-electron chi connectivity index (χ2n) is 6.56. The molecule has 8 heteroatoms. The summed E-state index contributed by atoms with van der Waals surface area (Å²) in [7, 11) is 2.02. The molecule has 0 spiro atoms. The largest absolute Gasteiger partial charge is 0.332 e. The van der Waals surface area contributed by atoms with Crippen LogP contribution in [0.4, 0.5) is 5.82 Å². The van der Waals surface area contributed by atoms with Crippen molar-refractivity contribution in [3.8, 4) is 5.69 Å². The average molecular weight is 371 g/mol. The molecule has 1 fully saturated rings. The van der Waals surface area contributed by atoms with E-state index in [2.05, 4.69) is 15.3 Å². The van der Waals surface area contributed by atoms with Crippen LogP contribution in [0.2, 0.25) is 0 Å². The molecule has 136 valence electrons. The summed E-state index contributed by atoms with van der Waals surface area (Å²) in [5, 5.41) is 7.49. The zero-order chi connectivity index (χ0) is 18.1. The van der Waals surface area contributed by atoms with Crippen molar-refractivity contribution in [2.75, 3.05) is 38.5 Å². The summed E-state index contributed by atoms with van der Waals surface area (Å²) in [6.07, 6.45) is 0. The van der Waals surface area contributed by atoms with Gasteiger partial charge in [-0.1, -0.05) is 18.2 Å². The predicted octanol–water partition coefficient (Wildman–Crippen LogP) is 1.33. The quantitative estimate of drug-likeness (QED) is 0.807. The second-order valence-corrected chi connectivity index (χ2v) is 7.55. The van der Waals surface area contributed by atoms with Crippen LogP contribution in [0.5, 0.6) is 0 Å². The van der Waals surface area contributed by atoms with E-state index in [0.29, 0.717) is 18.9 Å². The van der Waals surface area contributed by atoms with Crippen molar-refractivity contribution >= 4 is 29.4 Å². The molecular weight excluding hydrogens is 350 g/mol. The maximum Gasteiger partial charge on any atom is 0.315 e. The van der Waals surface area contributed by atoms with E-state index >= 15 is 0 Å². The number of piperazine rings is 1. The number of benzene rings is 1. The lowest BCUT2D eigenvalue weighted by Gasteiger charge is -2.31. The molecule has 0 atom stereocenters. The van der Waals surface area contributed by atoms with Gasteiger partial charge in [-0.05, 0) is 19.2 Å². The minimum absolute atomic E-state index is 0.474. The fourth-order valence-electron chi connectivity index (χ4n) is 3.21. The summed E-state index contributed by atoms with van der Waals surface area (Å²) < 4.78 is 1.74. The maximum absolute atomic E-state index is 12.6. The van der Waals surface area contributed by atoms with Gasteiger partial charge >= 0.3 is 11.8 Å². The third kappa shape index (κ3) is 3.22. The van der Waals surface area contributed by atoms with Crippen LogP contribution in [-0.2, 0) is 21.1 Å². The van der Waals surface area contributed by atoms with Gasteiger partial charge in [0.05, 0.1) is 11.4 Å². The summed E-state index contributed by atoms with van der Waals surface area (Å²) >= 11 is 1.76. The highest BCUT2D eigenvalue weighted by atomic mass is 32.2. The Labute approximate surface area is 156 Å². The SMILES string of the molecule is CN1CCN(C(=O)C(=O)Nc2c3c(nn2-c2ccccc2)CSC3)CC1. The number of carbonyl (C=O) groups excluding carboxylic acids is 2. The Morgan fingerprint density at radius 2 is 1.81 bits per heavy atom. The van der Waals surface area contributed by atoms with Crippen LogP contribution in [0.3, 0.4) is 0 Å². The molecule has 0 aliphatic carbocycles. The number of amides is 2. The van der Waals surface area contributed by atoms with E-state index in [1.165, 1.54) is 0 Å². The molecule has 1 aromatic heterocycles. The number of thioether (sulfide) groups is 1. The number of rotatable bonds is 2. The molecule has 4 rings (SSSR count). The number of fused-ring (bicyclic) bond motifs is 1. The molecule has 1 aromatic carbocycles. The standard InChI is InChI=1S/C18H21N5O2S/c1-21-7-9-22(10-8-21)18(25)17(24)19-16-14-11-26-12-15(14)20-23(16)13-5-3-2-4-6-13/h2-6H,7-12H2,1H3,(H,19,24). The van der Waals surface area contributed by atoms with Gasteiger partial charge in [-0.25, -0.2) is 4.68 Å². The minimum atomic E-state index is -0.591. The summed E-state index contributed by atoms with van der Waals surface area (Å²) in [6, 6.07) is 9.67. The lowest BCUT2D eigenvalue weighted by atomic mass is 10.2. The van der Waals surface area contributed by atoms with Gasteiger partial charge in [-0.3, -0.25) is 9.59 Å². The van der Waals surface area contributed by atoms with Crippen molar-refractivity contribution in [3.63, 3.8) is 0 Å². The van der Waals surface area contributed by atoms with Crippen LogP contribution in [0.15, 0.2) is 30.3 Å². The Bertz CT molecular complexity index is 828. The fourth-order valence-corrected chi connectivity index (χ4v) is 4.25. The van der Waals surface area contributed by atoms with E-state index < -0.39 is 11.8 Å². The third-order valence-corrected chi connectivity index (χ3v) is 5.74. The number of likely N-dealkylation sites (N-methyl/N-ethyl adjacent to an activating group) is 1. The van der Waals surface area contributed by atoms with Crippen LogP contribution in [0.25, 0.3) is 5.69 Å². The molecule has 1 saturated heterocycles. The third-order valence-electron chi connectivity index (χ3n) is 4.77. The van der Waals surface area contributed by atoms with Crippen molar-refractivity contribution in [3.05, 3.63) is 41.6 Å². The minimum Gasteiger partial charge on any atom is -0.332 e. The molecule has 7 nitrogen and oxygen atoms in total. The van der Waals surface area contributed by atoms with E-state index in [4.69, 9.17) is 0 Å². The zero-order valence-electron chi connectivity index (χ0n) is 14.6. The first-order valence-corrected chi connectivity index (χ1v) is 9.81. The molecule has 0 bridgehead atoms. The number of hydrogen-bond acceptors (Lipinski definition) is 5. The molecular formula is C18H21N5O2S. The molecule has 0 unspecified atom stereocenters. The molecule has 0 saturated carbocycles. The van der Waals surface area contributed by atoms with Crippen LogP contribution in [0.1, 0.15) is 11.3 Å². The topological polar surface area (TPSA) is 70.5 Å². The maximum atomic E-state index is 12.6. The highest BCUT2D eigenvalue weighted by Gasteiger charge is 2.29. The fraction of sp³-hybridized carbons (Fsp3) is 0.389. The number of para-hydroxylation sites is 1. The zero-order valence-corrected chi connectivity index (χ0v) is 15.5. The van der Waals surface area contributed by atoms with Gasteiger partial charge in [0.15, 0.2) is 0 Å². The van der Waals surface area contributed by atoms with Crippen LogP contribution in [0, 0.1) is 0 Å². The summed E-state index contributed by atoms with van der Waals surface area (Å²) in [5.74, 6) is 1.17. The normalized spacial score (nSPS) is 17.2. The van der Waals surface area contributed by atoms with Gasteiger partial charge in [0.25, 0.3) is 0 Å². The first kappa shape index (κ1) is 17.1. The van der Waals surface area contributed by atoms with Crippen molar-refractivity contribution in [2.24, 2.45) is 0 Å². The van der Waals surface area contributed by atoms with Gasteiger partial charge < -0.3 is 15.1 Å². The van der Waals surface area contributed by atoms with Gasteiger partial charge in [0.1, 0.15) is 5.82 Å². The van der Waals surface area contributed by atoms with E-state index in [9.17, 15) is 9.59 Å². The molecule has 1 N–H and O–H groups in total. The van der Waals surface area contributed by atoms with E-state index in [1.54, 1.807) is 21.3 Å². The Morgan fingerprint density at radius 3 is 2.54 bits per heavy atom. The highest BCUT2D eigenvalue weighted by Crippen LogP contribution is 2.36. The van der Waals surface area contributed by atoms with E-state index in [0.717, 1.165) is 41.5 Å². The second kappa shape index (κ2) is 7.13. The van der Waals surface area contributed by atoms with Crippen molar-refractivity contribution in [2.45, 2.75) is 11.5 Å². The number of nitrogens with zero attached hydrogens (tertiary/aromatic N) is 4. The van der Waals surface area contributed by atoms with Gasteiger partial charge in [-0.2, -0.15) is 16.9 Å². The average Bonchev–Trinajstić information content (AvgIpc) is 3.25. The van der Waals surface area contributed by atoms with Gasteiger partial charge in [-0.15, -0.1) is 0 Å². The van der Waals surface area contributed by atoms with Crippen molar-refractivity contribution < 1.29 is 9.59 Å². The Hall–Kier alpha value is -2.32. The lowest BCUT2D eigenvalue weighted by molar-refractivity contribution is -0.144. The number of anilines is 1. The molecule has 26 heavy (non-hydrogen) atoms. The van der Waals surface area contributed by atoms with Gasteiger partial charge in [0.2, 0.25) is 0 Å². The van der Waals surface area contributed by atoms with E-state index in [1.807, 2.05) is 37.4 Å². The molecule has 2 amide bonds. The molecule has 0 radical (unpaired) electrons. The number of hydrogen-bond donors (Lipinski definition) is 1. The molecule has 2 aliphatic rings. The molecule has 3 heterocycles. The predicted molar refractivity (Wildman–Crippen MR) is 101 cm³/mol. The smallest absolute Gasteiger partial charge is 0.315 e. The van der Waals surface area contributed by atoms with Crippen LogP contribution in [-0.4, -0.2) is 64.6 Å². The molecule has 2 aliphatic heterocycles. The van der Waals surface area contributed by atoms with Crippen molar-refractivity contribution in [1.29, 1.82) is 0 Å². The summed E-state index contributed by atoms with van der Waals surface area (Å²) in [6.45, 7) is 2.73. The summed E-state index contributed by atoms with van der Waals surface area (Å²) in [4.78, 5) is 28.9. The number of carbonyl (C=O) groups is 2. The Kier molecular flexibility index (Phi) is 4.69. The summed E-state index contributed by atoms with van der Waals surface area (Å²) in [5.41, 5.74) is 2.86. The Morgan fingerprint density at radius 1 is 1.08 bits per heavy atom. The number of nitrogens with one attached hydrogen (secondary N) is 1. The Balaban J connectivity index is 1.58. The number of aromatic nitrogens is 2. The first-order valence-electron chi connectivity index (χ1n) is 8.66. The van der Waals surface area contributed by atoms with Gasteiger partial charge in [0, 0.05) is 43.2 Å². The molecule has 2 aromatic rings.